The molecule has 0 saturated carbocycles. The van der Waals surface area contributed by atoms with E-state index in [0.29, 0.717) is 5.82 Å². The van der Waals surface area contributed by atoms with Gasteiger partial charge >= 0.3 is 16.2 Å². The number of hydrogen-bond acceptors (Lipinski definition) is 7. The molecule has 11 heteroatoms. The van der Waals surface area contributed by atoms with E-state index >= 15 is 0 Å². The van der Waals surface area contributed by atoms with Gasteiger partial charge in [0.05, 0.1) is 12.2 Å². The molecule has 2 N–H and O–H groups in total. The highest BCUT2D eigenvalue weighted by atomic mass is 32.2. The van der Waals surface area contributed by atoms with Gasteiger partial charge in [-0.25, -0.2) is 14.2 Å². The van der Waals surface area contributed by atoms with Crippen LogP contribution in [-0.2, 0) is 27.8 Å². The number of imidazole rings is 1. The molecule has 3 rings (SSSR count). The fourth-order valence-corrected chi connectivity index (χ4v) is 4.51. The van der Waals surface area contributed by atoms with Crippen LogP contribution in [0.5, 0.6) is 5.75 Å². The first kappa shape index (κ1) is 23.2. The van der Waals surface area contributed by atoms with Gasteiger partial charge in [0, 0.05) is 24.9 Å². The Morgan fingerprint density at radius 2 is 1.94 bits per heavy atom. The maximum absolute atomic E-state index is 13.6. The lowest BCUT2D eigenvalue weighted by atomic mass is 10.1. The molecule has 0 saturated heterocycles. The molecule has 0 aliphatic carbocycles. The molecular formula is C21H23FN4O5S. The lowest BCUT2D eigenvalue weighted by Crippen LogP contribution is -2.20. The van der Waals surface area contributed by atoms with Gasteiger partial charge in [-0.1, -0.05) is 19.9 Å². The number of hydrogen-bond donors (Lipinski definition) is 1. The minimum absolute atomic E-state index is 0.0789. The average molecular weight is 463 g/mol. The predicted octanol–water partition coefficient (Wildman–Crippen LogP) is 2.99. The molecule has 1 aromatic carbocycles. The molecule has 3 aromatic rings. The van der Waals surface area contributed by atoms with Crippen LogP contribution in [-0.4, -0.2) is 35.7 Å². The Labute approximate surface area is 185 Å². The second-order valence-corrected chi connectivity index (χ2v) is 8.69. The Morgan fingerprint density at radius 3 is 2.56 bits per heavy atom. The number of primary amides is 1. The highest BCUT2D eigenvalue weighted by Gasteiger charge is 2.31. The van der Waals surface area contributed by atoms with Crippen molar-refractivity contribution in [2.75, 3.05) is 6.61 Å². The summed E-state index contributed by atoms with van der Waals surface area (Å²) < 4.78 is 51.8. The van der Waals surface area contributed by atoms with Crippen LogP contribution in [0.2, 0.25) is 0 Å². The van der Waals surface area contributed by atoms with Crippen LogP contribution in [0.1, 0.15) is 36.8 Å². The van der Waals surface area contributed by atoms with Crippen molar-refractivity contribution in [3.05, 3.63) is 71.7 Å². The van der Waals surface area contributed by atoms with Gasteiger partial charge < -0.3 is 19.2 Å². The molecule has 0 fully saturated rings. The maximum Gasteiger partial charge on any atom is 0.404 e. The second kappa shape index (κ2) is 9.77. The van der Waals surface area contributed by atoms with Crippen molar-refractivity contribution in [3.8, 4) is 5.75 Å². The van der Waals surface area contributed by atoms with Crippen LogP contribution in [0.15, 0.2) is 53.8 Å². The first-order valence-corrected chi connectivity index (χ1v) is 11.2. The van der Waals surface area contributed by atoms with E-state index in [1.807, 2.05) is 0 Å². The number of nitrogens with two attached hydrogens (primary N) is 1. The number of rotatable bonds is 9. The van der Waals surface area contributed by atoms with Crippen molar-refractivity contribution in [1.29, 1.82) is 0 Å². The molecule has 0 radical (unpaired) electrons. The quantitative estimate of drug-likeness (QED) is 0.484. The number of amides is 1. The molecule has 32 heavy (non-hydrogen) atoms. The van der Waals surface area contributed by atoms with Crippen LogP contribution in [0, 0.1) is 5.82 Å². The van der Waals surface area contributed by atoms with E-state index < -0.39 is 22.0 Å². The summed E-state index contributed by atoms with van der Waals surface area (Å²) in [5.74, 6) is -0.690. The van der Waals surface area contributed by atoms with Crippen LogP contribution in [0.4, 0.5) is 9.18 Å². The zero-order valence-corrected chi connectivity index (χ0v) is 18.4. The molecule has 0 atom stereocenters. The molecule has 2 aromatic heterocycles. The number of carbonyl (C=O) groups is 1. The normalized spacial score (nSPS) is 11.5. The smallest absolute Gasteiger partial charge is 0.404 e. The van der Waals surface area contributed by atoms with Crippen molar-refractivity contribution in [1.82, 2.24) is 14.5 Å². The number of carbonyl (C=O) groups excluding carboxylic acids is 1. The molecule has 1 amide bonds. The Hall–Kier alpha value is -3.47. The summed E-state index contributed by atoms with van der Waals surface area (Å²) in [6.07, 6.45) is 2.36. The fraction of sp³-hybridized carbons (Fsp3) is 0.286. The van der Waals surface area contributed by atoms with E-state index in [0.717, 1.165) is 11.6 Å². The Balaban J connectivity index is 2.10. The van der Waals surface area contributed by atoms with Crippen molar-refractivity contribution in [3.63, 3.8) is 0 Å². The minimum atomic E-state index is -4.39. The number of nitrogens with zero attached hydrogens (tertiary/aromatic N) is 3. The summed E-state index contributed by atoms with van der Waals surface area (Å²) in [6, 6.07) is 8.34. The standard InChI is InChI=1S/C21H23FN4O5S/c1-14(2)19-20(32(28,29)31-17-5-3-4-16(22)12-17)26(13-15-6-9-24-10-7-15)18(25-19)8-11-30-21(23)27/h3-7,9-10,12,14H,8,11,13H2,1-2H3,(H2,23,27). The summed E-state index contributed by atoms with van der Waals surface area (Å²) in [5.41, 5.74) is 6.08. The molecule has 0 spiro atoms. The van der Waals surface area contributed by atoms with E-state index in [4.69, 9.17) is 14.7 Å². The highest BCUT2D eigenvalue weighted by molar-refractivity contribution is 7.87. The molecule has 0 aliphatic heterocycles. The third kappa shape index (κ3) is 5.61. The fourth-order valence-electron chi connectivity index (χ4n) is 3.09. The van der Waals surface area contributed by atoms with Gasteiger partial charge in [0.25, 0.3) is 0 Å². The van der Waals surface area contributed by atoms with Gasteiger partial charge in [0.15, 0.2) is 5.03 Å². The first-order valence-electron chi connectivity index (χ1n) is 9.78. The van der Waals surface area contributed by atoms with Crippen LogP contribution in [0.3, 0.4) is 0 Å². The van der Waals surface area contributed by atoms with Crippen molar-refractivity contribution in [2.24, 2.45) is 5.73 Å². The van der Waals surface area contributed by atoms with E-state index in [2.05, 4.69) is 9.97 Å². The van der Waals surface area contributed by atoms with Gasteiger partial charge in [-0.3, -0.25) is 4.98 Å². The minimum Gasteiger partial charge on any atom is -0.449 e. The Morgan fingerprint density at radius 1 is 1.22 bits per heavy atom. The van der Waals surface area contributed by atoms with Gasteiger partial charge in [-0.05, 0) is 35.7 Å². The van der Waals surface area contributed by atoms with Crippen LogP contribution >= 0.6 is 0 Å². The number of pyridine rings is 1. The summed E-state index contributed by atoms with van der Waals surface area (Å²) in [5, 5.41) is -0.150. The zero-order chi connectivity index (χ0) is 23.3. The number of aromatic nitrogens is 3. The lowest BCUT2D eigenvalue weighted by Gasteiger charge is -2.14. The lowest BCUT2D eigenvalue weighted by molar-refractivity contribution is 0.157. The average Bonchev–Trinajstić information content (AvgIpc) is 3.07. The highest BCUT2D eigenvalue weighted by Crippen LogP contribution is 2.29. The third-order valence-corrected chi connectivity index (χ3v) is 5.79. The molecule has 0 bridgehead atoms. The van der Waals surface area contributed by atoms with Gasteiger partial charge in [-0.2, -0.15) is 8.42 Å². The SMILES string of the molecule is CC(C)c1nc(CCOC(N)=O)n(Cc2ccncc2)c1S(=O)(=O)Oc1cccc(F)c1. The van der Waals surface area contributed by atoms with Crippen molar-refractivity contribution >= 4 is 16.2 Å². The van der Waals surface area contributed by atoms with Crippen LogP contribution < -0.4 is 9.92 Å². The van der Waals surface area contributed by atoms with Crippen LogP contribution in [0.25, 0.3) is 0 Å². The predicted molar refractivity (Wildman–Crippen MR) is 113 cm³/mol. The number of benzene rings is 1. The van der Waals surface area contributed by atoms with Gasteiger partial charge in [0.1, 0.15) is 24.0 Å². The van der Waals surface area contributed by atoms with E-state index in [1.165, 1.54) is 22.8 Å². The second-order valence-electron chi connectivity index (χ2n) is 7.23. The zero-order valence-electron chi connectivity index (χ0n) is 17.6. The molecule has 0 unspecified atom stereocenters. The monoisotopic (exact) mass is 462 g/mol. The molecule has 0 aliphatic rings. The van der Waals surface area contributed by atoms with Crippen molar-refractivity contribution in [2.45, 2.75) is 37.8 Å². The van der Waals surface area contributed by atoms with E-state index in [1.54, 1.807) is 38.4 Å². The number of halogens is 1. The Kier molecular flexibility index (Phi) is 7.08. The molecule has 2 heterocycles. The summed E-state index contributed by atoms with van der Waals surface area (Å²) in [4.78, 5) is 19.4. The molecular weight excluding hydrogens is 439 g/mol. The summed E-state index contributed by atoms with van der Waals surface area (Å²) >= 11 is 0. The molecule has 170 valence electrons. The van der Waals surface area contributed by atoms with Crippen molar-refractivity contribution < 1.29 is 26.5 Å². The summed E-state index contributed by atoms with van der Waals surface area (Å²) in [6.45, 7) is 3.66. The molecule has 9 nitrogen and oxygen atoms in total. The van der Waals surface area contributed by atoms with Gasteiger partial charge in [0.2, 0.25) is 0 Å². The Bertz CT molecular complexity index is 1200. The van der Waals surface area contributed by atoms with Gasteiger partial charge in [-0.15, -0.1) is 0 Å². The van der Waals surface area contributed by atoms with E-state index in [-0.39, 0.29) is 42.0 Å². The maximum atomic E-state index is 13.6. The first-order chi connectivity index (χ1) is 15.2. The third-order valence-electron chi connectivity index (χ3n) is 4.47. The van der Waals surface area contributed by atoms with E-state index in [9.17, 15) is 17.6 Å². The number of ether oxygens (including phenoxy) is 1. The summed E-state index contributed by atoms with van der Waals surface area (Å²) in [7, 11) is -4.39. The topological polar surface area (TPSA) is 126 Å². The largest absolute Gasteiger partial charge is 0.449 e.